The molecule has 0 saturated carbocycles. The van der Waals surface area contributed by atoms with Crippen LogP contribution in [-0.4, -0.2) is 42.5 Å². The number of hydrogen-bond donors (Lipinski definition) is 3. The number of carbonyl (C=O) groups is 1. The van der Waals surface area contributed by atoms with Crippen LogP contribution in [-0.2, 0) is 4.79 Å². The van der Waals surface area contributed by atoms with Crippen LogP contribution in [0.25, 0.3) is 10.8 Å². The molecule has 1 aliphatic rings. The SMILES string of the molecule is CC1CN(C(=N)NCC(F)(F)F)c2ccc3c(Br)cccc3c21.O=C(O)C(F)(F)F. The second kappa shape index (κ2) is 8.70. The zero-order valence-electron chi connectivity index (χ0n) is 15.3. The Morgan fingerprint density at radius 2 is 1.80 bits per heavy atom. The lowest BCUT2D eigenvalue weighted by Gasteiger charge is -2.22. The van der Waals surface area contributed by atoms with Gasteiger partial charge in [-0.05, 0) is 28.5 Å². The van der Waals surface area contributed by atoms with Crippen molar-refractivity contribution in [3.63, 3.8) is 0 Å². The highest BCUT2D eigenvalue weighted by atomic mass is 79.9. The van der Waals surface area contributed by atoms with Crippen molar-refractivity contribution in [3.05, 3.63) is 40.4 Å². The number of benzene rings is 2. The first-order valence-electron chi connectivity index (χ1n) is 8.40. The first-order chi connectivity index (χ1) is 13.7. The Labute approximate surface area is 175 Å². The van der Waals surface area contributed by atoms with E-state index in [4.69, 9.17) is 15.3 Å². The van der Waals surface area contributed by atoms with Crippen LogP contribution < -0.4 is 10.2 Å². The fourth-order valence-corrected chi connectivity index (χ4v) is 3.54. The van der Waals surface area contributed by atoms with Gasteiger partial charge >= 0.3 is 18.3 Å². The lowest BCUT2D eigenvalue weighted by Crippen LogP contribution is -2.43. The minimum absolute atomic E-state index is 0.135. The van der Waals surface area contributed by atoms with Gasteiger partial charge in [0.1, 0.15) is 6.54 Å². The van der Waals surface area contributed by atoms with Gasteiger partial charge in [-0.3, -0.25) is 5.41 Å². The van der Waals surface area contributed by atoms with E-state index >= 15 is 0 Å². The number of rotatable bonds is 1. The van der Waals surface area contributed by atoms with Gasteiger partial charge in [0.2, 0.25) is 0 Å². The van der Waals surface area contributed by atoms with Crippen molar-refractivity contribution in [1.29, 1.82) is 5.41 Å². The zero-order chi connectivity index (χ0) is 22.9. The summed E-state index contributed by atoms with van der Waals surface area (Å²) in [6, 6.07) is 9.70. The molecule has 0 saturated heterocycles. The average molecular weight is 500 g/mol. The van der Waals surface area contributed by atoms with Crippen molar-refractivity contribution in [1.82, 2.24) is 5.32 Å². The standard InChI is InChI=1S/C16H15BrF3N3.C2HF3O2/c1-9-7-23(15(21)22-8-16(18,19)20)13-6-5-10-11(14(9)13)3-2-4-12(10)17;3-2(4,5)1(6)7/h2-6,9H,7-8H2,1H3,(H2,21,22);(H,6,7). The van der Waals surface area contributed by atoms with Crippen molar-refractivity contribution in [2.24, 2.45) is 0 Å². The number of carboxylic acids is 1. The molecule has 0 spiro atoms. The molecule has 5 nitrogen and oxygen atoms in total. The Balaban J connectivity index is 0.000000396. The Morgan fingerprint density at radius 3 is 2.33 bits per heavy atom. The molecule has 1 heterocycles. The van der Waals surface area contributed by atoms with Gasteiger partial charge in [-0.1, -0.05) is 41.1 Å². The van der Waals surface area contributed by atoms with Crippen molar-refractivity contribution >= 4 is 44.3 Å². The Kier molecular flexibility index (Phi) is 6.90. The quantitative estimate of drug-likeness (QED) is 0.284. The molecule has 164 valence electrons. The molecule has 3 rings (SSSR count). The summed E-state index contributed by atoms with van der Waals surface area (Å²) < 4.78 is 69.8. The van der Waals surface area contributed by atoms with E-state index in [1.54, 1.807) is 4.90 Å². The zero-order valence-corrected chi connectivity index (χ0v) is 16.9. The van der Waals surface area contributed by atoms with E-state index in [0.717, 1.165) is 26.5 Å². The highest BCUT2D eigenvalue weighted by Crippen LogP contribution is 2.42. The summed E-state index contributed by atoms with van der Waals surface area (Å²) in [5, 5.41) is 19.4. The lowest BCUT2D eigenvalue weighted by molar-refractivity contribution is -0.192. The minimum atomic E-state index is -5.08. The Hall–Kier alpha value is -2.50. The van der Waals surface area contributed by atoms with E-state index in [1.807, 2.05) is 37.3 Å². The average Bonchev–Trinajstić information content (AvgIpc) is 2.96. The summed E-state index contributed by atoms with van der Waals surface area (Å²) in [7, 11) is 0. The van der Waals surface area contributed by atoms with Crippen LogP contribution in [0.2, 0.25) is 0 Å². The number of hydrogen-bond acceptors (Lipinski definition) is 2. The summed E-state index contributed by atoms with van der Waals surface area (Å²) in [6.45, 7) is 1.31. The van der Waals surface area contributed by atoms with Gasteiger partial charge in [-0.2, -0.15) is 26.3 Å². The van der Waals surface area contributed by atoms with Gasteiger partial charge < -0.3 is 15.3 Å². The lowest BCUT2D eigenvalue weighted by atomic mass is 9.96. The van der Waals surface area contributed by atoms with E-state index in [-0.39, 0.29) is 11.9 Å². The third kappa shape index (κ3) is 5.55. The molecule has 2 aromatic carbocycles. The number of fused-ring (bicyclic) bond motifs is 3. The van der Waals surface area contributed by atoms with Crippen LogP contribution in [0, 0.1) is 5.41 Å². The van der Waals surface area contributed by atoms with Gasteiger partial charge in [0, 0.05) is 22.6 Å². The van der Waals surface area contributed by atoms with Gasteiger partial charge in [-0.25, -0.2) is 4.79 Å². The number of anilines is 1. The van der Waals surface area contributed by atoms with Crippen LogP contribution in [0.4, 0.5) is 32.0 Å². The van der Waals surface area contributed by atoms with Crippen LogP contribution in [0.1, 0.15) is 18.4 Å². The molecule has 1 unspecified atom stereocenters. The highest BCUT2D eigenvalue weighted by molar-refractivity contribution is 9.10. The number of carboxylic acid groups (broad SMARTS) is 1. The van der Waals surface area contributed by atoms with E-state index in [9.17, 15) is 26.3 Å². The molecule has 0 fully saturated rings. The number of aliphatic carboxylic acids is 1. The highest BCUT2D eigenvalue weighted by Gasteiger charge is 2.38. The predicted octanol–water partition coefficient (Wildman–Crippen LogP) is 5.25. The summed E-state index contributed by atoms with van der Waals surface area (Å²) >= 11 is 3.52. The summed E-state index contributed by atoms with van der Waals surface area (Å²) in [4.78, 5) is 10.5. The second-order valence-corrected chi connectivity index (χ2v) is 7.32. The first-order valence-corrected chi connectivity index (χ1v) is 9.19. The molecule has 30 heavy (non-hydrogen) atoms. The number of nitrogens with one attached hydrogen (secondary N) is 2. The minimum Gasteiger partial charge on any atom is -0.475 e. The molecule has 0 amide bonds. The monoisotopic (exact) mass is 499 g/mol. The molecule has 0 aliphatic carbocycles. The molecular formula is C18H16BrF6N3O2. The van der Waals surface area contributed by atoms with Gasteiger partial charge in [0.25, 0.3) is 0 Å². The molecule has 1 aliphatic heterocycles. The van der Waals surface area contributed by atoms with E-state index < -0.39 is 24.9 Å². The summed E-state index contributed by atoms with van der Waals surface area (Å²) in [6.07, 6.45) is -9.42. The van der Waals surface area contributed by atoms with Crippen molar-refractivity contribution in [3.8, 4) is 0 Å². The number of guanidine groups is 1. The largest absolute Gasteiger partial charge is 0.490 e. The Bertz CT molecular complexity index is 961. The number of halogens is 7. The molecule has 0 bridgehead atoms. The Morgan fingerprint density at radius 1 is 1.20 bits per heavy atom. The number of nitrogens with zero attached hydrogens (tertiary/aromatic N) is 1. The fraction of sp³-hybridized carbons (Fsp3) is 0.333. The van der Waals surface area contributed by atoms with Crippen LogP contribution in [0.5, 0.6) is 0 Å². The fourth-order valence-electron chi connectivity index (χ4n) is 3.04. The van der Waals surface area contributed by atoms with Crippen molar-refractivity contribution < 1.29 is 36.2 Å². The van der Waals surface area contributed by atoms with Gasteiger partial charge in [0.15, 0.2) is 5.96 Å². The van der Waals surface area contributed by atoms with E-state index in [2.05, 4.69) is 21.2 Å². The van der Waals surface area contributed by atoms with Crippen LogP contribution >= 0.6 is 15.9 Å². The smallest absolute Gasteiger partial charge is 0.475 e. The third-order valence-corrected chi connectivity index (χ3v) is 4.93. The topological polar surface area (TPSA) is 76.4 Å². The third-order valence-electron chi connectivity index (χ3n) is 4.24. The van der Waals surface area contributed by atoms with Gasteiger partial charge in [-0.15, -0.1) is 0 Å². The second-order valence-electron chi connectivity index (χ2n) is 6.47. The van der Waals surface area contributed by atoms with Crippen LogP contribution in [0.15, 0.2) is 34.8 Å². The predicted molar refractivity (Wildman–Crippen MR) is 103 cm³/mol. The van der Waals surface area contributed by atoms with Crippen molar-refractivity contribution in [2.45, 2.75) is 25.2 Å². The molecule has 0 radical (unpaired) electrons. The number of alkyl halides is 6. The maximum Gasteiger partial charge on any atom is 0.490 e. The van der Waals surface area contributed by atoms with E-state index in [1.165, 1.54) is 0 Å². The summed E-state index contributed by atoms with van der Waals surface area (Å²) in [5.41, 5.74) is 1.87. The normalized spacial score (nSPS) is 16.0. The van der Waals surface area contributed by atoms with Crippen LogP contribution in [0.3, 0.4) is 0 Å². The molecule has 1 atom stereocenters. The van der Waals surface area contributed by atoms with Gasteiger partial charge in [0.05, 0.1) is 0 Å². The van der Waals surface area contributed by atoms with E-state index in [0.29, 0.717) is 6.54 Å². The molecule has 3 N–H and O–H groups in total. The molecule has 0 aromatic heterocycles. The van der Waals surface area contributed by atoms with Crippen molar-refractivity contribution in [2.75, 3.05) is 18.0 Å². The summed E-state index contributed by atoms with van der Waals surface area (Å²) in [5.74, 6) is -2.84. The first kappa shape index (κ1) is 23.8. The molecule has 2 aromatic rings. The molecule has 12 heteroatoms. The maximum absolute atomic E-state index is 12.3. The maximum atomic E-state index is 12.3. The molecular weight excluding hydrogens is 484 g/mol.